The first kappa shape index (κ1) is 15.4. The quantitative estimate of drug-likeness (QED) is 0.572. The van der Waals surface area contributed by atoms with E-state index in [1.165, 1.54) is 0 Å². The molecule has 0 saturated carbocycles. The lowest BCUT2D eigenvalue weighted by Crippen LogP contribution is -2.10. The maximum atomic E-state index is 5.92. The molecule has 3 N–H and O–H groups in total. The Kier molecular flexibility index (Phi) is 3.32. The molecule has 2 aromatic heterocycles. The minimum atomic E-state index is 0.112. The Labute approximate surface area is 153 Å². The first-order chi connectivity index (χ1) is 13.2. The first-order valence-electron chi connectivity index (χ1n) is 8.30. The molecule has 3 heterocycles. The van der Waals surface area contributed by atoms with Crippen molar-refractivity contribution in [2.24, 2.45) is 0 Å². The number of benzene rings is 2. The van der Waals surface area contributed by atoms with Crippen LogP contribution in [0.15, 0.2) is 42.5 Å². The molecule has 0 unspecified atom stereocenters. The summed E-state index contributed by atoms with van der Waals surface area (Å²) in [5.41, 5.74) is 8.43. The number of nitrogens with one attached hydrogen (secondary N) is 1. The van der Waals surface area contributed by atoms with Crippen LogP contribution in [-0.4, -0.2) is 31.3 Å². The second-order valence-electron chi connectivity index (χ2n) is 5.99. The summed E-state index contributed by atoms with van der Waals surface area (Å²) in [4.78, 5) is 17.5. The van der Waals surface area contributed by atoms with Gasteiger partial charge in [-0.25, -0.2) is 4.98 Å². The van der Waals surface area contributed by atoms with Crippen molar-refractivity contribution in [1.82, 2.24) is 24.5 Å². The van der Waals surface area contributed by atoms with Crippen molar-refractivity contribution in [2.75, 3.05) is 17.8 Å². The Morgan fingerprint density at radius 3 is 2.78 bits per heavy atom. The normalized spacial score (nSPS) is 12.5. The van der Waals surface area contributed by atoms with Crippen molar-refractivity contribution in [3.8, 4) is 17.4 Å². The molecule has 9 heteroatoms. The van der Waals surface area contributed by atoms with Gasteiger partial charge in [0.15, 0.2) is 11.5 Å². The van der Waals surface area contributed by atoms with E-state index < -0.39 is 0 Å². The van der Waals surface area contributed by atoms with Crippen molar-refractivity contribution >= 4 is 28.6 Å². The van der Waals surface area contributed by atoms with Crippen LogP contribution in [0.5, 0.6) is 11.5 Å². The summed E-state index contributed by atoms with van der Waals surface area (Å²) in [5.74, 6) is 2.97. The average Bonchev–Trinajstić information content (AvgIpc) is 3.23. The van der Waals surface area contributed by atoms with E-state index in [2.05, 4.69) is 25.3 Å². The maximum Gasteiger partial charge on any atom is 0.242 e. The summed E-state index contributed by atoms with van der Waals surface area (Å²) >= 11 is 0. The molecule has 0 radical (unpaired) electrons. The SMILES string of the molecule is Cc1nc2ccccc2n1-c1nc(N)nc(Nc2ccc3c(c2)OCO3)n1. The maximum absolute atomic E-state index is 5.92. The number of fused-ring (bicyclic) bond motifs is 2. The van der Waals surface area contributed by atoms with Crippen molar-refractivity contribution in [3.05, 3.63) is 48.3 Å². The van der Waals surface area contributed by atoms with Crippen LogP contribution in [0.1, 0.15) is 5.82 Å². The molecule has 5 rings (SSSR count). The molecule has 134 valence electrons. The van der Waals surface area contributed by atoms with E-state index in [1.807, 2.05) is 54.0 Å². The van der Waals surface area contributed by atoms with Gasteiger partial charge in [-0.3, -0.25) is 4.57 Å². The van der Waals surface area contributed by atoms with E-state index in [0.29, 0.717) is 23.4 Å². The van der Waals surface area contributed by atoms with Gasteiger partial charge >= 0.3 is 0 Å². The van der Waals surface area contributed by atoms with Gasteiger partial charge in [0.25, 0.3) is 0 Å². The number of aromatic nitrogens is 5. The average molecular weight is 361 g/mol. The minimum absolute atomic E-state index is 0.112. The molecule has 0 saturated heterocycles. The Balaban J connectivity index is 1.56. The molecule has 1 aliphatic heterocycles. The highest BCUT2D eigenvalue weighted by Crippen LogP contribution is 2.34. The fraction of sp³-hybridized carbons (Fsp3) is 0.111. The molecular formula is C18H15N7O2. The Morgan fingerprint density at radius 2 is 1.85 bits per heavy atom. The third-order valence-electron chi connectivity index (χ3n) is 4.20. The summed E-state index contributed by atoms with van der Waals surface area (Å²) in [6, 6.07) is 13.3. The summed E-state index contributed by atoms with van der Waals surface area (Å²) in [7, 11) is 0. The lowest BCUT2D eigenvalue weighted by atomic mass is 10.3. The van der Waals surface area contributed by atoms with Crippen LogP contribution >= 0.6 is 0 Å². The van der Waals surface area contributed by atoms with E-state index in [9.17, 15) is 0 Å². The molecule has 9 nitrogen and oxygen atoms in total. The number of ether oxygens (including phenoxy) is 2. The molecule has 1 aliphatic rings. The highest BCUT2D eigenvalue weighted by Gasteiger charge is 2.16. The van der Waals surface area contributed by atoms with Crippen LogP contribution in [0.2, 0.25) is 0 Å². The summed E-state index contributed by atoms with van der Waals surface area (Å²) in [6.07, 6.45) is 0. The van der Waals surface area contributed by atoms with Gasteiger partial charge in [-0.2, -0.15) is 15.0 Å². The number of nitrogens with zero attached hydrogens (tertiary/aromatic N) is 5. The Morgan fingerprint density at radius 1 is 1.00 bits per heavy atom. The fourth-order valence-corrected chi connectivity index (χ4v) is 3.04. The number of para-hydroxylation sites is 2. The fourth-order valence-electron chi connectivity index (χ4n) is 3.04. The van der Waals surface area contributed by atoms with Crippen molar-refractivity contribution < 1.29 is 9.47 Å². The van der Waals surface area contributed by atoms with Crippen LogP contribution < -0.4 is 20.5 Å². The second kappa shape index (κ2) is 5.84. The van der Waals surface area contributed by atoms with E-state index in [0.717, 1.165) is 22.5 Å². The summed E-state index contributed by atoms with van der Waals surface area (Å²) in [6.45, 7) is 2.11. The van der Waals surface area contributed by atoms with Gasteiger partial charge in [-0.05, 0) is 31.2 Å². The number of hydrogen-bond acceptors (Lipinski definition) is 8. The van der Waals surface area contributed by atoms with Gasteiger partial charge in [0, 0.05) is 11.8 Å². The van der Waals surface area contributed by atoms with Crippen molar-refractivity contribution in [1.29, 1.82) is 0 Å². The van der Waals surface area contributed by atoms with E-state index >= 15 is 0 Å². The Hall–Kier alpha value is -3.88. The van der Waals surface area contributed by atoms with Crippen molar-refractivity contribution in [3.63, 3.8) is 0 Å². The van der Waals surface area contributed by atoms with Gasteiger partial charge in [-0.15, -0.1) is 0 Å². The van der Waals surface area contributed by atoms with Crippen LogP contribution in [-0.2, 0) is 0 Å². The number of hydrogen-bond donors (Lipinski definition) is 2. The number of nitrogens with two attached hydrogens (primary N) is 1. The van der Waals surface area contributed by atoms with Crippen LogP contribution in [0.4, 0.5) is 17.6 Å². The smallest absolute Gasteiger partial charge is 0.242 e. The monoisotopic (exact) mass is 361 g/mol. The number of imidazole rings is 1. The lowest BCUT2D eigenvalue weighted by molar-refractivity contribution is 0.174. The van der Waals surface area contributed by atoms with Gasteiger partial charge in [0.1, 0.15) is 5.82 Å². The topological polar surface area (TPSA) is 113 Å². The largest absolute Gasteiger partial charge is 0.454 e. The van der Waals surface area contributed by atoms with Crippen LogP contribution in [0.3, 0.4) is 0 Å². The van der Waals surface area contributed by atoms with Crippen molar-refractivity contribution in [2.45, 2.75) is 6.92 Å². The standard InChI is InChI=1S/C18H15N7O2/c1-10-20-12-4-2-3-5-13(12)25(10)18-23-16(19)22-17(24-18)21-11-6-7-14-15(8-11)27-9-26-14/h2-8H,9H2,1H3,(H3,19,21,22,23,24). The minimum Gasteiger partial charge on any atom is -0.454 e. The zero-order valence-electron chi connectivity index (χ0n) is 14.4. The molecule has 0 fully saturated rings. The highest BCUT2D eigenvalue weighted by atomic mass is 16.7. The summed E-state index contributed by atoms with van der Waals surface area (Å²) in [5, 5.41) is 3.13. The van der Waals surface area contributed by atoms with Gasteiger partial charge in [0.05, 0.1) is 11.0 Å². The van der Waals surface area contributed by atoms with Gasteiger partial charge in [-0.1, -0.05) is 12.1 Å². The summed E-state index contributed by atoms with van der Waals surface area (Å²) < 4.78 is 12.6. The highest BCUT2D eigenvalue weighted by molar-refractivity contribution is 5.77. The molecule has 0 atom stereocenters. The molecule has 0 amide bonds. The lowest BCUT2D eigenvalue weighted by Gasteiger charge is -2.09. The zero-order valence-corrected chi connectivity index (χ0v) is 14.4. The number of rotatable bonds is 3. The van der Waals surface area contributed by atoms with Gasteiger partial charge in [0.2, 0.25) is 24.6 Å². The molecule has 0 aliphatic carbocycles. The third kappa shape index (κ3) is 2.65. The second-order valence-corrected chi connectivity index (χ2v) is 5.99. The Bertz CT molecular complexity index is 1170. The van der Waals surface area contributed by atoms with E-state index in [4.69, 9.17) is 15.2 Å². The number of anilines is 3. The van der Waals surface area contributed by atoms with E-state index in [-0.39, 0.29) is 12.7 Å². The van der Waals surface area contributed by atoms with Crippen LogP contribution in [0, 0.1) is 6.92 Å². The number of aryl methyl sites for hydroxylation is 1. The van der Waals surface area contributed by atoms with Gasteiger partial charge < -0.3 is 20.5 Å². The molecule has 0 spiro atoms. The van der Waals surface area contributed by atoms with E-state index in [1.54, 1.807) is 0 Å². The molecule has 27 heavy (non-hydrogen) atoms. The van der Waals surface area contributed by atoms with Crippen LogP contribution in [0.25, 0.3) is 17.0 Å². The predicted molar refractivity (Wildman–Crippen MR) is 99.5 cm³/mol. The molecule has 4 aromatic rings. The number of nitrogen functional groups attached to an aromatic ring is 1. The zero-order chi connectivity index (χ0) is 18.4. The third-order valence-corrected chi connectivity index (χ3v) is 4.20. The molecule has 2 aromatic carbocycles. The molecular weight excluding hydrogens is 346 g/mol. The first-order valence-corrected chi connectivity index (χ1v) is 8.30. The predicted octanol–water partition coefficient (Wildman–Crippen LogP) is 2.57. The molecule has 0 bridgehead atoms.